The van der Waals surface area contributed by atoms with Crippen molar-refractivity contribution in [3.63, 3.8) is 0 Å². The fourth-order valence-corrected chi connectivity index (χ4v) is 3.70. The Bertz CT molecular complexity index is 776. The highest BCUT2D eigenvalue weighted by molar-refractivity contribution is 7.12. The van der Waals surface area contributed by atoms with Crippen LogP contribution in [-0.2, 0) is 4.79 Å². The van der Waals surface area contributed by atoms with E-state index in [0.29, 0.717) is 10.6 Å². The Balaban J connectivity index is 2.10. The molecule has 23 heavy (non-hydrogen) atoms. The van der Waals surface area contributed by atoms with E-state index in [9.17, 15) is 19.1 Å². The minimum atomic E-state index is -1.11. The van der Waals surface area contributed by atoms with E-state index >= 15 is 0 Å². The molecule has 0 saturated heterocycles. The van der Waals surface area contributed by atoms with Crippen molar-refractivity contribution in [1.82, 2.24) is 4.90 Å². The number of hydrogen-bond acceptors (Lipinski definition) is 4. The summed E-state index contributed by atoms with van der Waals surface area (Å²) in [7, 11) is 0. The largest absolute Gasteiger partial charge is 0.505 e. The summed E-state index contributed by atoms with van der Waals surface area (Å²) in [6, 6.07) is 2.80. The third-order valence-electron chi connectivity index (χ3n) is 4.04. The second kappa shape index (κ2) is 5.66. The average Bonchev–Trinajstić information content (AvgIpc) is 3.10. The molecule has 3 rings (SSSR count). The van der Waals surface area contributed by atoms with Crippen LogP contribution in [0.3, 0.4) is 0 Å². The molecule has 1 unspecified atom stereocenters. The van der Waals surface area contributed by atoms with Gasteiger partial charge in [0.15, 0.2) is 5.83 Å². The monoisotopic (exact) mass is 335 g/mol. The molecule has 0 aromatic carbocycles. The Morgan fingerprint density at radius 2 is 2.22 bits per heavy atom. The minimum absolute atomic E-state index is 0.106. The Hall–Kier alpha value is -2.41. The van der Waals surface area contributed by atoms with E-state index in [2.05, 4.69) is 0 Å². The average molecular weight is 335 g/mol. The molecule has 0 fully saturated rings. The number of thiophene rings is 1. The molecular formula is C16H14FNO4S. The normalized spacial score (nSPS) is 20.7. The number of nitrogens with zero attached hydrogens (tertiary/aromatic N) is 1. The molecule has 1 aliphatic carbocycles. The van der Waals surface area contributed by atoms with Crippen molar-refractivity contribution >= 4 is 23.2 Å². The van der Waals surface area contributed by atoms with Crippen molar-refractivity contribution in [2.75, 3.05) is 0 Å². The molecule has 2 N–H and O–H groups in total. The van der Waals surface area contributed by atoms with Gasteiger partial charge >= 0.3 is 5.97 Å². The SMILES string of the molecule is CC1=C(CC(=O)O)C2=C(F)C(O)=CCC2N1C(=O)c1cccs1. The van der Waals surface area contributed by atoms with Crippen LogP contribution in [0.25, 0.3) is 0 Å². The van der Waals surface area contributed by atoms with Crippen LogP contribution in [0.4, 0.5) is 4.39 Å². The minimum Gasteiger partial charge on any atom is -0.505 e. The van der Waals surface area contributed by atoms with Gasteiger partial charge in [0, 0.05) is 11.3 Å². The number of aliphatic carboxylic acids is 1. The molecular weight excluding hydrogens is 321 g/mol. The Kier molecular flexibility index (Phi) is 3.81. The third-order valence-corrected chi connectivity index (χ3v) is 4.90. The predicted molar refractivity (Wildman–Crippen MR) is 82.7 cm³/mol. The van der Waals surface area contributed by atoms with Gasteiger partial charge in [-0.25, -0.2) is 4.39 Å². The summed E-state index contributed by atoms with van der Waals surface area (Å²) >= 11 is 1.27. The molecule has 2 heterocycles. The summed E-state index contributed by atoms with van der Waals surface area (Å²) in [5.74, 6) is -2.75. The van der Waals surface area contributed by atoms with Gasteiger partial charge in [0.1, 0.15) is 5.76 Å². The highest BCUT2D eigenvalue weighted by atomic mass is 32.1. The number of fused-ring (bicyclic) bond motifs is 1. The number of carboxylic acid groups (broad SMARTS) is 1. The Labute approximate surface area is 135 Å². The van der Waals surface area contributed by atoms with Crippen molar-refractivity contribution in [2.24, 2.45) is 0 Å². The number of aliphatic hydroxyl groups is 1. The Morgan fingerprint density at radius 3 is 2.83 bits per heavy atom. The Morgan fingerprint density at radius 1 is 1.48 bits per heavy atom. The van der Waals surface area contributed by atoms with E-state index in [1.807, 2.05) is 0 Å². The molecule has 1 aromatic rings. The van der Waals surface area contributed by atoms with E-state index in [0.717, 1.165) is 0 Å². The van der Waals surface area contributed by atoms with Gasteiger partial charge in [-0.15, -0.1) is 11.3 Å². The number of rotatable bonds is 3. The second-order valence-electron chi connectivity index (χ2n) is 5.36. The van der Waals surface area contributed by atoms with Crippen molar-refractivity contribution in [1.29, 1.82) is 0 Å². The molecule has 0 radical (unpaired) electrons. The van der Waals surface area contributed by atoms with Gasteiger partial charge in [-0.3, -0.25) is 9.59 Å². The first kappa shape index (κ1) is 15.5. The number of carbonyl (C=O) groups is 2. The number of carbonyl (C=O) groups excluding carboxylic acids is 1. The lowest BCUT2D eigenvalue weighted by Gasteiger charge is -2.28. The van der Waals surface area contributed by atoms with Gasteiger partial charge in [-0.2, -0.15) is 0 Å². The third kappa shape index (κ3) is 2.46. The van der Waals surface area contributed by atoms with Crippen LogP contribution >= 0.6 is 11.3 Å². The fraction of sp³-hybridized carbons (Fsp3) is 0.250. The molecule has 1 aliphatic heterocycles. The predicted octanol–water partition coefficient (Wildman–Crippen LogP) is 3.39. The lowest BCUT2D eigenvalue weighted by Crippen LogP contribution is -2.36. The summed E-state index contributed by atoms with van der Waals surface area (Å²) in [6.07, 6.45) is 1.16. The maximum atomic E-state index is 14.4. The van der Waals surface area contributed by atoms with Crippen LogP contribution in [0.1, 0.15) is 29.4 Å². The molecule has 7 heteroatoms. The van der Waals surface area contributed by atoms with Crippen LogP contribution in [-0.4, -0.2) is 33.0 Å². The summed E-state index contributed by atoms with van der Waals surface area (Å²) in [5.41, 5.74) is 0.781. The summed E-state index contributed by atoms with van der Waals surface area (Å²) < 4.78 is 14.4. The molecule has 0 bridgehead atoms. The van der Waals surface area contributed by atoms with Crippen LogP contribution in [0.5, 0.6) is 0 Å². The lowest BCUT2D eigenvalue weighted by molar-refractivity contribution is -0.136. The van der Waals surface area contributed by atoms with Crippen molar-refractivity contribution in [3.8, 4) is 0 Å². The number of hydrogen-bond donors (Lipinski definition) is 2. The fourth-order valence-electron chi connectivity index (χ4n) is 3.04. The molecule has 0 spiro atoms. The zero-order chi connectivity index (χ0) is 16.7. The maximum Gasteiger partial charge on any atom is 0.307 e. The summed E-state index contributed by atoms with van der Waals surface area (Å²) in [6.45, 7) is 1.61. The van der Waals surface area contributed by atoms with Crippen LogP contribution in [0.2, 0.25) is 0 Å². The number of aliphatic hydroxyl groups excluding tert-OH is 1. The summed E-state index contributed by atoms with van der Waals surface area (Å²) in [4.78, 5) is 25.8. The molecule has 5 nitrogen and oxygen atoms in total. The first-order valence-corrected chi connectivity index (χ1v) is 7.88. The van der Waals surface area contributed by atoms with Crippen LogP contribution < -0.4 is 0 Å². The van der Waals surface area contributed by atoms with Crippen LogP contribution in [0, 0.1) is 0 Å². The smallest absolute Gasteiger partial charge is 0.307 e. The van der Waals surface area contributed by atoms with Gasteiger partial charge in [0.2, 0.25) is 0 Å². The molecule has 1 aromatic heterocycles. The van der Waals surface area contributed by atoms with Crippen LogP contribution in [0.15, 0.2) is 52.0 Å². The summed E-state index contributed by atoms with van der Waals surface area (Å²) in [5, 5.41) is 20.5. The quantitative estimate of drug-likeness (QED) is 0.887. The maximum absolute atomic E-state index is 14.4. The van der Waals surface area contributed by atoms with Crippen molar-refractivity contribution in [2.45, 2.75) is 25.8 Å². The highest BCUT2D eigenvalue weighted by Crippen LogP contribution is 2.44. The first-order valence-electron chi connectivity index (χ1n) is 7.00. The van der Waals surface area contributed by atoms with Gasteiger partial charge in [0.05, 0.1) is 17.3 Å². The standard InChI is InChI=1S/C16H14FNO4S/c1-8-9(7-13(20)21)14-10(4-5-11(19)15(14)17)18(8)16(22)12-3-2-6-23-12/h2-3,5-6,10,19H,4,7H2,1H3,(H,20,21). The van der Waals surface area contributed by atoms with E-state index in [4.69, 9.17) is 5.11 Å². The van der Waals surface area contributed by atoms with E-state index in [1.165, 1.54) is 22.3 Å². The van der Waals surface area contributed by atoms with Gasteiger partial charge < -0.3 is 15.1 Å². The van der Waals surface area contributed by atoms with Crippen molar-refractivity contribution in [3.05, 3.63) is 56.9 Å². The molecule has 1 amide bonds. The number of carboxylic acids is 1. The number of halogens is 1. The van der Waals surface area contributed by atoms with Gasteiger partial charge in [-0.1, -0.05) is 6.07 Å². The van der Waals surface area contributed by atoms with Gasteiger partial charge in [-0.05, 0) is 36.4 Å². The number of allylic oxidation sites excluding steroid dienone is 2. The molecule has 2 aliphatic rings. The first-order chi connectivity index (χ1) is 10.9. The number of amides is 1. The van der Waals surface area contributed by atoms with Gasteiger partial charge in [0.25, 0.3) is 5.91 Å². The molecule has 120 valence electrons. The zero-order valence-corrected chi connectivity index (χ0v) is 13.1. The topological polar surface area (TPSA) is 77.8 Å². The zero-order valence-electron chi connectivity index (χ0n) is 12.2. The van der Waals surface area contributed by atoms with E-state index in [-0.39, 0.29) is 23.5 Å². The molecule has 1 atom stereocenters. The van der Waals surface area contributed by atoms with E-state index < -0.39 is 30.0 Å². The highest BCUT2D eigenvalue weighted by Gasteiger charge is 2.42. The molecule has 0 saturated carbocycles. The van der Waals surface area contributed by atoms with E-state index in [1.54, 1.807) is 24.4 Å². The second-order valence-corrected chi connectivity index (χ2v) is 6.30. The van der Waals surface area contributed by atoms with Crippen molar-refractivity contribution < 1.29 is 24.2 Å². The lowest BCUT2D eigenvalue weighted by atomic mass is 9.92.